The molecular weight excluding hydrogens is 243 g/mol. The fourth-order valence-electron chi connectivity index (χ4n) is 1.95. The zero-order chi connectivity index (χ0) is 13.2. The monoisotopic (exact) mass is 254 g/mol. The number of amides is 1. The Morgan fingerprint density at radius 3 is 2.63 bits per heavy atom. The van der Waals surface area contributed by atoms with Gasteiger partial charge in [0.15, 0.2) is 0 Å². The van der Waals surface area contributed by atoms with E-state index in [4.69, 9.17) is 0 Å². The van der Waals surface area contributed by atoms with Crippen LogP contribution in [0.3, 0.4) is 0 Å². The number of anilines is 1. The number of para-hydroxylation sites is 1. The van der Waals surface area contributed by atoms with E-state index in [1.54, 1.807) is 24.3 Å². The first-order valence-corrected chi connectivity index (χ1v) is 5.87. The van der Waals surface area contributed by atoms with Gasteiger partial charge in [-0.25, -0.2) is 4.39 Å². The Hall–Kier alpha value is -2.62. The van der Waals surface area contributed by atoms with Gasteiger partial charge in [-0.2, -0.15) is 0 Å². The van der Waals surface area contributed by atoms with Gasteiger partial charge in [0.1, 0.15) is 11.5 Å². The van der Waals surface area contributed by atoms with Crippen molar-refractivity contribution in [3.63, 3.8) is 0 Å². The number of aromatic amines is 1. The summed E-state index contributed by atoms with van der Waals surface area (Å²) >= 11 is 0. The maximum Gasteiger partial charge on any atom is 0.272 e. The lowest BCUT2D eigenvalue weighted by molar-refractivity contribution is 0.102. The van der Waals surface area contributed by atoms with E-state index in [0.29, 0.717) is 11.1 Å². The first-order chi connectivity index (χ1) is 9.22. The Labute approximate surface area is 109 Å². The summed E-state index contributed by atoms with van der Waals surface area (Å²) < 4.78 is 13.1. The molecule has 19 heavy (non-hydrogen) atoms. The highest BCUT2D eigenvalue weighted by molar-refractivity contribution is 6.05. The molecule has 3 rings (SSSR count). The van der Waals surface area contributed by atoms with Gasteiger partial charge >= 0.3 is 0 Å². The minimum Gasteiger partial charge on any atom is -0.351 e. The standard InChI is InChI=1S/C15H11FN2O/c16-11-6-7-13-10(8-11)9-14(18-13)15(19)17-12-4-2-1-3-5-12/h1-9,18H,(H,17,19). The van der Waals surface area contributed by atoms with Gasteiger partial charge in [0.05, 0.1) is 0 Å². The van der Waals surface area contributed by atoms with Crippen LogP contribution in [0.2, 0.25) is 0 Å². The first kappa shape index (κ1) is 11.5. The summed E-state index contributed by atoms with van der Waals surface area (Å²) in [5.41, 5.74) is 1.86. The minimum atomic E-state index is -0.318. The van der Waals surface area contributed by atoms with Gasteiger partial charge in [0.2, 0.25) is 0 Å². The number of carbonyl (C=O) groups excluding carboxylic acids is 1. The molecule has 1 aromatic heterocycles. The molecule has 0 bridgehead atoms. The van der Waals surface area contributed by atoms with E-state index in [-0.39, 0.29) is 11.7 Å². The Bertz CT molecular complexity index is 734. The molecule has 1 heterocycles. The van der Waals surface area contributed by atoms with Crippen LogP contribution in [0.4, 0.5) is 10.1 Å². The van der Waals surface area contributed by atoms with Crippen LogP contribution >= 0.6 is 0 Å². The van der Waals surface area contributed by atoms with E-state index in [1.165, 1.54) is 12.1 Å². The topological polar surface area (TPSA) is 44.9 Å². The number of hydrogen-bond acceptors (Lipinski definition) is 1. The predicted octanol–water partition coefficient (Wildman–Crippen LogP) is 3.56. The molecule has 0 unspecified atom stereocenters. The van der Waals surface area contributed by atoms with E-state index < -0.39 is 0 Å². The molecule has 0 spiro atoms. The Balaban J connectivity index is 1.89. The molecular formula is C15H11FN2O. The summed E-state index contributed by atoms with van der Waals surface area (Å²) in [6.07, 6.45) is 0. The highest BCUT2D eigenvalue weighted by atomic mass is 19.1. The van der Waals surface area contributed by atoms with Gasteiger partial charge in [-0.05, 0) is 36.4 Å². The maximum atomic E-state index is 13.1. The maximum absolute atomic E-state index is 13.1. The zero-order valence-electron chi connectivity index (χ0n) is 9.98. The molecule has 2 aromatic carbocycles. The smallest absolute Gasteiger partial charge is 0.272 e. The third-order valence-corrected chi connectivity index (χ3v) is 2.86. The molecule has 0 aliphatic heterocycles. The Morgan fingerprint density at radius 1 is 1.05 bits per heavy atom. The number of fused-ring (bicyclic) bond motifs is 1. The van der Waals surface area contributed by atoms with E-state index in [2.05, 4.69) is 10.3 Å². The lowest BCUT2D eigenvalue weighted by Gasteiger charge is -2.02. The molecule has 0 saturated heterocycles. The second-order valence-corrected chi connectivity index (χ2v) is 4.23. The fraction of sp³-hybridized carbons (Fsp3) is 0. The van der Waals surface area contributed by atoms with Crippen molar-refractivity contribution < 1.29 is 9.18 Å². The van der Waals surface area contributed by atoms with E-state index >= 15 is 0 Å². The van der Waals surface area contributed by atoms with Gasteiger partial charge in [-0.15, -0.1) is 0 Å². The van der Waals surface area contributed by atoms with Crippen LogP contribution in [0.1, 0.15) is 10.5 Å². The molecule has 0 atom stereocenters. The van der Waals surface area contributed by atoms with Crippen molar-refractivity contribution in [2.24, 2.45) is 0 Å². The number of hydrogen-bond donors (Lipinski definition) is 2. The van der Waals surface area contributed by atoms with Crippen molar-refractivity contribution >= 4 is 22.5 Å². The molecule has 0 aliphatic rings. The molecule has 2 N–H and O–H groups in total. The van der Waals surface area contributed by atoms with E-state index in [1.807, 2.05) is 18.2 Å². The normalized spacial score (nSPS) is 10.6. The minimum absolute atomic E-state index is 0.247. The van der Waals surface area contributed by atoms with Gasteiger partial charge in [-0.1, -0.05) is 18.2 Å². The quantitative estimate of drug-likeness (QED) is 0.721. The summed E-state index contributed by atoms with van der Waals surface area (Å²) in [6.45, 7) is 0. The molecule has 94 valence electrons. The van der Waals surface area contributed by atoms with Crippen molar-refractivity contribution in [2.45, 2.75) is 0 Å². The number of aromatic nitrogens is 1. The lowest BCUT2D eigenvalue weighted by atomic mass is 10.2. The third-order valence-electron chi connectivity index (χ3n) is 2.86. The number of benzene rings is 2. The number of halogens is 1. The van der Waals surface area contributed by atoms with Gasteiger partial charge < -0.3 is 10.3 Å². The van der Waals surface area contributed by atoms with Gasteiger partial charge in [-0.3, -0.25) is 4.79 Å². The Morgan fingerprint density at radius 2 is 1.84 bits per heavy atom. The van der Waals surface area contributed by atoms with Crippen molar-refractivity contribution in [3.8, 4) is 0 Å². The number of carbonyl (C=O) groups is 1. The zero-order valence-corrected chi connectivity index (χ0v) is 9.98. The lowest BCUT2D eigenvalue weighted by Crippen LogP contribution is -2.11. The summed E-state index contributed by atoms with van der Waals surface area (Å²) in [5, 5.41) is 3.45. The molecule has 0 saturated carbocycles. The fourth-order valence-corrected chi connectivity index (χ4v) is 1.95. The van der Waals surface area contributed by atoms with Crippen molar-refractivity contribution in [2.75, 3.05) is 5.32 Å². The summed E-state index contributed by atoms with van der Waals surface area (Å²) in [4.78, 5) is 15.0. The molecule has 0 aliphatic carbocycles. The molecule has 0 fully saturated rings. The van der Waals surface area contributed by atoms with Gasteiger partial charge in [0, 0.05) is 16.6 Å². The SMILES string of the molecule is O=C(Nc1ccccc1)c1cc2cc(F)ccc2[nH]1. The molecule has 0 radical (unpaired) electrons. The first-order valence-electron chi connectivity index (χ1n) is 5.87. The highest BCUT2D eigenvalue weighted by Crippen LogP contribution is 2.17. The second kappa shape index (κ2) is 4.57. The van der Waals surface area contributed by atoms with Crippen LogP contribution in [-0.2, 0) is 0 Å². The number of rotatable bonds is 2. The summed E-state index contributed by atoms with van der Waals surface area (Å²) in [6, 6.07) is 15.2. The third kappa shape index (κ3) is 2.33. The van der Waals surface area contributed by atoms with Gasteiger partial charge in [0.25, 0.3) is 5.91 Å². The van der Waals surface area contributed by atoms with E-state index in [0.717, 1.165) is 11.2 Å². The summed E-state index contributed by atoms with van der Waals surface area (Å²) in [5.74, 6) is -0.565. The van der Waals surface area contributed by atoms with Crippen LogP contribution in [0.15, 0.2) is 54.6 Å². The molecule has 4 heteroatoms. The van der Waals surface area contributed by atoms with Crippen molar-refractivity contribution in [3.05, 3.63) is 66.1 Å². The van der Waals surface area contributed by atoms with Crippen molar-refractivity contribution in [1.29, 1.82) is 0 Å². The van der Waals surface area contributed by atoms with Crippen LogP contribution in [0, 0.1) is 5.82 Å². The van der Waals surface area contributed by atoms with Crippen LogP contribution in [0.5, 0.6) is 0 Å². The summed E-state index contributed by atoms with van der Waals surface area (Å²) in [7, 11) is 0. The molecule has 1 amide bonds. The molecule has 3 aromatic rings. The average molecular weight is 254 g/mol. The number of H-pyrrole nitrogens is 1. The Kier molecular flexibility index (Phi) is 2.76. The predicted molar refractivity (Wildman–Crippen MR) is 72.7 cm³/mol. The number of nitrogens with one attached hydrogen (secondary N) is 2. The molecule has 3 nitrogen and oxygen atoms in total. The van der Waals surface area contributed by atoms with Crippen LogP contribution in [0.25, 0.3) is 10.9 Å². The van der Waals surface area contributed by atoms with Crippen LogP contribution < -0.4 is 5.32 Å². The van der Waals surface area contributed by atoms with Crippen molar-refractivity contribution in [1.82, 2.24) is 4.98 Å². The second-order valence-electron chi connectivity index (χ2n) is 4.23. The largest absolute Gasteiger partial charge is 0.351 e. The average Bonchev–Trinajstić information content (AvgIpc) is 2.83. The highest BCUT2D eigenvalue weighted by Gasteiger charge is 2.09. The van der Waals surface area contributed by atoms with Crippen LogP contribution in [-0.4, -0.2) is 10.9 Å². The van der Waals surface area contributed by atoms with E-state index in [9.17, 15) is 9.18 Å².